The first-order valence-corrected chi connectivity index (χ1v) is 7.06. The number of hydrogen-bond acceptors (Lipinski definition) is 5. The highest BCUT2D eigenvalue weighted by Gasteiger charge is 2.26. The average Bonchev–Trinajstić information content (AvgIpc) is 2.75. The summed E-state index contributed by atoms with van der Waals surface area (Å²) in [6.45, 7) is 5.42. The van der Waals surface area contributed by atoms with Crippen LogP contribution < -0.4 is 15.2 Å². The number of nitrogens with two attached hydrogens (primary N) is 1. The van der Waals surface area contributed by atoms with E-state index in [-0.39, 0.29) is 5.41 Å². The van der Waals surface area contributed by atoms with Crippen molar-refractivity contribution in [2.75, 3.05) is 18.9 Å². The highest BCUT2D eigenvalue weighted by atomic mass is 79.9. The van der Waals surface area contributed by atoms with Gasteiger partial charge in [-0.3, -0.25) is 0 Å². The molecule has 106 valence electrons. The van der Waals surface area contributed by atoms with E-state index in [2.05, 4.69) is 34.9 Å². The van der Waals surface area contributed by atoms with E-state index < -0.39 is 0 Å². The Kier molecular flexibility index (Phi) is 3.12. The summed E-state index contributed by atoms with van der Waals surface area (Å²) in [7, 11) is 0. The van der Waals surface area contributed by atoms with Gasteiger partial charge in [0.25, 0.3) is 0 Å². The summed E-state index contributed by atoms with van der Waals surface area (Å²) in [5, 5.41) is 3.70. The minimum atomic E-state index is -0.0255. The molecule has 2 heterocycles. The molecule has 1 aliphatic heterocycles. The summed E-state index contributed by atoms with van der Waals surface area (Å²) in [6, 6.07) is 5.43. The predicted molar refractivity (Wildman–Crippen MR) is 78.8 cm³/mol. The van der Waals surface area contributed by atoms with Gasteiger partial charge in [-0.1, -0.05) is 19.0 Å². The average molecular weight is 339 g/mol. The number of nitrogen functional groups attached to an aromatic ring is 1. The van der Waals surface area contributed by atoms with Crippen molar-refractivity contribution in [1.29, 1.82) is 0 Å². The molecule has 6 heteroatoms. The molecule has 1 aromatic heterocycles. The van der Waals surface area contributed by atoms with Crippen LogP contribution in [0.25, 0.3) is 11.3 Å². The lowest BCUT2D eigenvalue weighted by atomic mass is 9.97. The van der Waals surface area contributed by atoms with Gasteiger partial charge in [-0.05, 0) is 28.1 Å². The van der Waals surface area contributed by atoms with Crippen molar-refractivity contribution < 1.29 is 14.0 Å². The van der Waals surface area contributed by atoms with Crippen LogP contribution in [0, 0.1) is 5.41 Å². The zero-order valence-electron chi connectivity index (χ0n) is 11.3. The Morgan fingerprint density at radius 3 is 2.40 bits per heavy atom. The third-order valence-electron chi connectivity index (χ3n) is 3.06. The fourth-order valence-corrected chi connectivity index (χ4v) is 2.47. The molecular formula is C14H15BrN2O3. The number of rotatable bonds is 1. The molecule has 0 saturated carbocycles. The van der Waals surface area contributed by atoms with Gasteiger partial charge in [0.2, 0.25) is 0 Å². The third-order valence-corrected chi connectivity index (χ3v) is 3.72. The molecule has 0 atom stereocenters. The number of nitrogens with zero attached hydrogens (tertiary/aromatic N) is 1. The number of anilines is 1. The minimum Gasteiger partial charge on any atom is -0.489 e. The summed E-state index contributed by atoms with van der Waals surface area (Å²) >= 11 is 3.51. The summed E-state index contributed by atoms with van der Waals surface area (Å²) in [4.78, 5) is 0. The van der Waals surface area contributed by atoms with Crippen LogP contribution in [-0.4, -0.2) is 18.4 Å². The molecule has 0 fully saturated rings. The molecular weight excluding hydrogens is 324 g/mol. The van der Waals surface area contributed by atoms with Gasteiger partial charge >= 0.3 is 0 Å². The fourth-order valence-electron chi connectivity index (χ4n) is 1.95. The van der Waals surface area contributed by atoms with Crippen molar-refractivity contribution in [1.82, 2.24) is 5.16 Å². The second-order valence-electron chi connectivity index (χ2n) is 5.64. The lowest BCUT2D eigenvalue weighted by Gasteiger charge is -2.19. The zero-order valence-corrected chi connectivity index (χ0v) is 12.9. The molecule has 0 unspecified atom stereocenters. The lowest BCUT2D eigenvalue weighted by Crippen LogP contribution is -2.26. The van der Waals surface area contributed by atoms with Crippen molar-refractivity contribution in [3.8, 4) is 22.8 Å². The molecule has 1 aliphatic rings. The molecule has 0 aliphatic carbocycles. The zero-order chi connectivity index (χ0) is 14.3. The standard InChI is InChI=1S/C14H15BrN2O3/c1-14(2)6-18-11-3-8(10-5-13(16)17-20-10)9(15)4-12(11)19-7-14/h3-5H,6-7H2,1-2H3,(H2,16,17). The van der Waals surface area contributed by atoms with Crippen LogP contribution in [-0.2, 0) is 0 Å². The summed E-state index contributed by atoms with van der Waals surface area (Å²) < 4.78 is 17.7. The maximum absolute atomic E-state index is 5.85. The van der Waals surface area contributed by atoms with Gasteiger partial charge in [-0.25, -0.2) is 0 Å². The van der Waals surface area contributed by atoms with E-state index in [1.807, 2.05) is 12.1 Å². The van der Waals surface area contributed by atoms with Gasteiger partial charge in [0.05, 0.1) is 13.2 Å². The Bertz CT molecular complexity index is 652. The van der Waals surface area contributed by atoms with Crippen molar-refractivity contribution in [3.63, 3.8) is 0 Å². The minimum absolute atomic E-state index is 0.0255. The SMILES string of the molecule is CC1(C)COc2cc(Br)c(-c3cc(N)no3)cc2OC1. The summed E-state index contributed by atoms with van der Waals surface area (Å²) in [5.74, 6) is 2.35. The maximum atomic E-state index is 5.85. The Hall–Kier alpha value is -1.69. The molecule has 0 saturated heterocycles. The molecule has 1 aromatic carbocycles. The molecule has 2 N–H and O–H groups in total. The highest BCUT2D eigenvalue weighted by Crippen LogP contribution is 2.41. The van der Waals surface area contributed by atoms with E-state index in [9.17, 15) is 0 Å². The molecule has 3 rings (SSSR count). The van der Waals surface area contributed by atoms with Gasteiger partial charge in [0, 0.05) is 21.5 Å². The van der Waals surface area contributed by atoms with Crippen molar-refractivity contribution >= 4 is 21.7 Å². The maximum Gasteiger partial charge on any atom is 0.170 e. The number of fused-ring (bicyclic) bond motifs is 1. The van der Waals surface area contributed by atoms with E-state index in [0.29, 0.717) is 30.5 Å². The lowest BCUT2D eigenvalue weighted by molar-refractivity contribution is 0.140. The van der Waals surface area contributed by atoms with E-state index in [1.165, 1.54) is 0 Å². The van der Waals surface area contributed by atoms with Crippen LogP contribution in [0.15, 0.2) is 27.2 Å². The van der Waals surface area contributed by atoms with Crippen LogP contribution in [0.1, 0.15) is 13.8 Å². The smallest absolute Gasteiger partial charge is 0.170 e. The van der Waals surface area contributed by atoms with Gasteiger partial charge in [-0.2, -0.15) is 0 Å². The topological polar surface area (TPSA) is 70.5 Å². The Labute approximate surface area is 125 Å². The molecule has 0 bridgehead atoms. The first-order chi connectivity index (χ1) is 9.44. The van der Waals surface area contributed by atoms with Crippen LogP contribution in [0.3, 0.4) is 0 Å². The quantitative estimate of drug-likeness (QED) is 0.861. The van der Waals surface area contributed by atoms with Gasteiger partial charge in [0.15, 0.2) is 23.1 Å². The van der Waals surface area contributed by atoms with Crippen molar-refractivity contribution in [2.45, 2.75) is 13.8 Å². The van der Waals surface area contributed by atoms with Crippen LogP contribution in [0.2, 0.25) is 0 Å². The van der Waals surface area contributed by atoms with Gasteiger partial charge < -0.3 is 19.7 Å². The van der Waals surface area contributed by atoms with Gasteiger partial charge in [0.1, 0.15) is 0 Å². The van der Waals surface area contributed by atoms with Crippen LogP contribution >= 0.6 is 15.9 Å². The largest absolute Gasteiger partial charge is 0.489 e. The van der Waals surface area contributed by atoms with E-state index >= 15 is 0 Å². The number of ether oxygens (including phenoxy) is 2. The van der Waals surface area contributed by atoms with Gasteiger partial charge in [-0.15, -0.1) is 0 Å². The molecule has 2 aromatic rings. The van der Waals surface area contributed by atoms with Crippen molar-refractivity contribution in [2.24, 2.45) is 5.41 Å². The summed E-state index contributed by atoms with van der Waals surface area (Å²) in [6.07, 6.45) is 0. The van der Waals surface area contributed by atoms with E-state index in [4.69, 9.17) is 19.7 Å². The van der Waals surface area contributed by atoms with Crippen molar-refractivity contribution in [3.05, 3.63) is 22.7 Å². The number of aromatic nitrogens is 1. The Morgan fingerprint density at radius 2 is 1.80 bits per heavy atom. The first kappa shape index (κ1) is 13.3. The monoisotopic (exact) mass is 338 g/mol. The normalized spacial score (nSPS) is 16.8. The number of benzene rings is 1. The summed E-state index contributed by atoms with van der Waals surface area (Å²) in [5.41, 5.74) is 6.39. The molecule has 5 nitrogen and oxygen atoms in total. The third kappa shape index (κ3) is 2.47. The van der Waals surface area contributed by atoms with E-state index in [0.717, 1.165) is 15.8 Å². The number of halogens is 1. The predicted octanol–water partition coefficient (Wildman–Crippen LogP) is 3.48. The second kappa shape index (κ2) is 4.70. The first-order valence-electron chi connectivity index (χ1n) is 6.26. The molecule has 0 amide bonds. The molecule has 20 heavy (non-hydrogen) atoms. The van der Waals surface area contributed by atoms with Crippen LogP contribution in [0.4, 0.5) is 5.82 Å². The second-order valence-corrected chi connectivity index (χ2v) is 6.49. The molecule has 0 spiro atoms. The van der Waals surface area contributed by atoms with E-state index in [1.54, 1.807) is 6.07 Å². The van der Waals surface area contributed by atoms with Crippen LogP contribution in [0.5, 0.6) is 11.5 Å². The number of hydrogen-bond donors (Lipinski definition) is 1. The molecule has 0 radical (unpaired) electrons. The highest BCUT2D eigenvalue weighted by molar-refractivity contribution is 9.10. The Morgan fingerprint density at radius 1 is 1.15 bits per heavy atom. The Balaban J connectivity index is 2.02. The fraction of sp³-hybridized carbons (Fsp3) is 0.357.